The molecule has 4 N–H and O–H groups in total. The highest BCUT2D eigenvalue weighted by atomic mass is 35.5. The number of rotatable bonds is 5. The lowest BCUT2D eigenvalue weighted by molar-refractivity contribution is -0.138. The van der Waals surface area contributed by atoms with E-state index in [2.05, 4.69) is 4.90 Å². The topological polar surface area (TPSA) is 104 Å². The monoisotopic (exact) mass is 276 g/mol. The van der Waals surface area contributed by atoms with Crippen molar-refractivity contribution in [1.29, 1.82) is 0 Å². The zero-order valence-electron chi connectivity index (χ0n) is 8.79. The van der Waals surface area contributed by atoms with E-state index < -0.39 is 11.9 Å². The van der Waals surface area contributed by atoms with Crippen molar-refractivity contribution in [3.63, 3.8) is 0 Å². The van der Waals surface area contributed by atoms with Crippen LogP contribution in [-0.2, 0) is 9.59 Å². The van der Waals surface area contributed by atoms with Crippen molar-refractivity contribution in [2.75, 3.05) is 26.2 Å². The molecular weight excluding hydrogens is 259 g/mol. The third-order valence-corrected chi connectivity index (χ3v) is 1.54. The van der Waals surface area contributed by atoms with Crippen LogP contribution in [0.15, 0.2) is 0 Å². The summed E-state index contributed by atoms with van der Waals surface area (Å²) < 4.78 is 0. The molecule has 1 heterocycles. The van der Waals surface area contributed by atoms with Crippen molar-refractivity contribution in [1.82, 2.24) is 4.90 Å². The first kappa shape index (κ1) is 20.8. The first-order chi connectivity index (χ1) is 6.56. The van der Waals surface area contributed by atoms with E-state index in [4.69, 9.17) is 15.9 Å². The molecule has 1 fully saturated rings. The maximum absolute atomic E-state index is 9.90. The van der Waals surface area contributed by atoms with Gasteiger partial charge >= 0.3 is 11.9 Å². The highest BCUT2D eigenvalue weighted by molar-refractivity contribution is 5.85. The van der Waals surface area contributed by atoms with Crippen LogP contribution in [0.2, 0.25) is 0 Å². The molecule has 0 atom stereocenters. The van der Waals surface area contributed by atoms with Crippen LogP contribution in [0.4, 0.5) is 0 Å². The minimum atomic E-state index is -0.836. The average Bonchev–Trinajstić information content (AvgIpc) is 2.84. The van der Waals surface area contributed by atoms with Crippen LogP contribution in [0.5, 0.6) is 0 Å². The van der Waals surface area contributed by atoms with E-state index in [1.807, 2.05) is 0 Å². The number of hydrogen-bond acceptors (Lipinski definition) is 4. The van der Waals surface area contributed by atoms with E-state index in [0.29, 0.717) is 6.42 Å². The normalized spacial score (nSPS) is 12.3. The first-order valence-corrected chi connectivity index (χ1v) is 4.42. The van der Waals surface area contributed by atoms with Gasteiger partial charge < -0.3 is 20.8 Å². The van der Waals surface area contributed by atoms with Crippen LogP contribution >= 0.6 is 24.8 Å². The zero-order chi connectivity index (χ0) is 11.0. The standard InChI is InChI=1S/C5H9NO2.C3H7NO2.2ClH/c7-5(8)1-2-6-3-4-6;4-2-1-3(5)6;;/h1-4H2,(H,7,8);1-2,4H2,(H,5,6);2*1H. The molecule has 6 nitrogen and oxygen atoms in total. The Balaban J connectivity index is -0.000000195. The number of carbonyl (C=O) groups is 2. The highest BCUT2D eigenvalue weighted by Crippen LogP contribution is 2.02. The number of halogens is 2. The quantitative estimate of drug-likeness (QED) is 0.613. The van der Waals surface area contributed by atoms with Crippen molar-refractivity contribution in [3.8, 4) is 0 Å². The lowest BCUT2D eigenvalue weighted by Gasteiger charge is -1.92. The summed E-state index contributed by atoms with van der Waals surface area (Å²) in [6, 6.07) is 0. The molecular formula is C8H18Cl2N2O4. The van der Waals surface area contributed by atoms with E-state index in [1.54, 1.807) is 0 Å². The van der Waals surface area contributed by atoms with Crippen molar-refractivity contribution < 1.29 is 19.8 Å². The minimum Gasteiger partial charge on any atom is -0.481 e. The van der Waals surface area contributed by atoms with Gasteiger partial charge in [-0.05, 0) is 0 Å². The van der Waals surface area contributed by atoms with Gasteiger partial charge in [0.25, 0.3) is 0 Å². The molecule has 1 rings (SSSR count). The van der Waals surface area contributed by atoms with E-state index >= 15 is 0 Å². The smallest absolute Gasteiger partial charge is 0.304 e. The number of aliphatic carboxylic acids is 2. The predicted octanol–water partition coefficient (Wildman–Crippen LogP) is 0.0401. The SMILES string of the molecule is Cl.Cl.NCCC(=O)O.O=C(O)CCN1CC1. The van der Waals surface area contributed by atoms with Crippen LogP contribution in [0, 0.1) is 0 Å². The number of carboxylic acids is 2. The molecule has 0 bridgehead atoms. The Hall–Kier alpha value is -0.560. The average molecular weight is 277 g/mol. The second kappa shape index (κ2) is 12.5. The Kier molecular flexibility index (Phi) is 16.3. The number of hydrogen-bond donors (Lipinski definition) is 3. The Morgan fingerprint density at radius 1 is 1.06 bits per heavy atom. The van der Waals surface area contributed by atoms with Gasteiger partial charge in [0.1, 0.15) is 0 Å². The Bertz CT molecular complexity index is 200. The first-order valence-electron chi connectivity index (χ1n) is 4.42. The van der Waals surface area contributed by atoms with Crippen LogP contribution in [0.25, 0.3) is 0 Å². The predicted molar refractivity (Wildman–Crippen MR) is 64.5 cm³/mol. The number of carboxylic acid groups (broad SMARTS) is 2. The van der Waals surface area contributed by atoms with E-state index in [1.165, 1.54) is 0 Å². The summed E-state index contributed by atoms with van der Waals surface area (Å²) in [4.78, 5) is 21.5. The van der Waals surface area contributed by atoms with Crippen LogP contribution in [0.3, 0.4) is 0 Å². The molecule has 1 saturated heterocycles. The molecule has 0 aromatic rings. The van der Waals surface area contributed by atoms with Crippen molar-refractivity contribution in [3.05, 3.63) is 0 Å². The second-order valence-electron chi connectivity index (χ2n) is 2.92. The molecule has 98 valence electrons. The molecule has 0 unspecified atom stereocenters. The second-order valence-corrected chi connectivity index (χ2v) is 2.92. The molecule has 8 heteroatoms. The molecule has 0 amide bonds. The van der Waals surface area contributed by atoms with Crippen molar-refractivity contribution >= 4 is 36.8 Å². The van der Waals surface area contributed by atoms with Gasteiger partial charge in [-0.2, -0.15) is 0 Å². The molecule has 0 saturated carbocycles. The maximum Gasteiger partial charge on any atom is 0.304 e. The maximum atomic E-state index is 9.90. The fourth-order valence-electron chi connectivity index (χ4n) is 0.672. The summed E-state index contributed by atoms with van der Waals surface area (Å²) in [6.45, 7) is 3.14. The Morgan fingerprint density at radius 3 is 1.69 bits per heavy atom. The van der Waals surface area contributed by atoms with Crippen molar-refractivity contribution in [2.24, 2.45) is 5.73 Å². The van der Waals surface area contributed by atoms with Gasteiger partial charge in [-0.3, -0.25) is 9.59 Å². The molecule has 16 heavy (non-hydrogen) atoms. The summed E-state index contributed by atoms with van der Waals surface area (Å²) in [5, 5.41) is 16.0. The lowest BCUT2D eigenvalue weighted by Crippen LogP contribution is -2.05. The van der Waals surface area contributed by atoms with Gasteiger partial charge in [-0.1, -0.05) is 0 Å². The Labute approximate surface area is 107 Å². The van der Waals surface area contributed by atoms with Gasteiger partial charge in [-0.25, -0.2) is 0 Å². The van der Waals surface area contributed by atoms with Gasteiger partial charge in [0.05, 0.1) is 12.8 Å². The van der Waals surface area contributed by atoms with Crippen LogP contribution in [0.1, 0.15) is 12.8 Å². The summed E-state index contributed by atoms with van der Waals surface area (Å²) in [6.07, 6.45) is 0.361. The molecule has 0 aromatic heterocycles. The third kappa shape index (κ3) is 19.1. The molecule has 0 radical (unpaired) electrons. The Morgan fingerprint density at radius 2 is 1.50 bits per heavy atom. The van der Waals surface area contributed by atoms with Gasteiger partial charge in [0.2, 0.25) is 0 Å². The zero-order valence-corrected chi connectivity index (χ0v) is 10.4. The summed E-state index contributed by atoms with van der Waals surface area (Å²) >= 11 is 0. The largest absolute Gasteiger partial charge is 0.481 e. The fraction of sp³-hybridized carbons (Fsp3) is 0.750. The van der Waals surface area contributed by atoms with E-state index in [0.717, 1.165) is 19.6 Å². The van der Waals surface area contributed by atoms with Crippen LogP contribution in [-0.4, -0.2) is 53.2 Å². The van der Waals surface area contributed by atoms with E-state index in [-0.39, 0.29) is 37.8 Å². The highest BCUT2D eigenvalue weighted by Gasteiger charge is 2.16. The van der Waals surface area contributed by atoms with Crippen LogP contribution < -0.4 is 5.73 Å². The third-order valence-electron chi connectivity index (χ3n) is 1.54. The van der Waals surface area contributed by atoms with Gasteiger partial charge in [-0.15, -0.1) is 24.8 Å². The molecule has 0 aromatic carbocycles. The molecule has 1 aliphatic heterocycles. The summed E-state index contributed by atoms with van der Waals surface area (Å²) in [7, 11) is 0. The van der Waals surface area contributed by atoms with E-state index in [9.17, 15) is 9.59 Å². The van der Waals surface area contributed by atoms with Gasteiger partial charge in [0.15, 0.2) is 0 Å². The fourth-order valence-corrected chi connectivity index (χ4v) is 0.672. The molecule has 0 aliphatic carbocycles. The van der Waals surface area contributed by atoms with Gasteiger partial charge in [0, 0.05) is 26.2 Å². The van der Waals surface area contributed by atoms with Crippen molar-refractivity contribution in [2.45, 2.75) is 12.8 Å². The number of nitrogens with zero attached hydrogens (tertiary/aromatic N) is 1. The molecule has 1 aliphatic rings. The lowest BCUT2D eigenvalue weighted by atomic mass is 10.4. The number of nitrogens with two attached hydrogens (primary N) is 1. The molecule has 0 spiro atoms. The summed E-state index contributed by atoms with van der Waals surface area (Å²) in [5.74, 6) is -1.53. The minimum absolute atomic E-state index is 0. The summed E-state index contributed by atoms with van der Waals surface area (Å²) in [5.41, 5.74) is 4.85.